The molecule has 0 aliphatic heterocycles. The third kappa shape index (κ3) is 3.66. The predicted molar refractivity (Wildman–Crippen MR) is 76.3 cm³/mol. The van der Waals surface area contributed by atoms with Gasteiger partial charge in [-0.05, 0) is 42.3 Å². The summed E-state index contributed by atoms with van der Waals surface area (Å²) in [6, 6.07) is 15.2. The molecular formula is C16H17NO2. The summed E-state index contributed by atoms with van der Waals surface area (Å²) in [6.07, 6.45) is 0. The number of amides is 1. The van der Waals surface area contributed by atoms with E-state index in [-0.39, 0.29) is 5.91 Å². The predicted octanol–water partition coefficient (Wildman–Crippen LogP) is 3.39. The van der Waals surface area contributed by atoms with Crippen molar-refractivity contribution in [3.05, 3.63) is 65.2 Å². The fourth-order valence-corrected chi connectivity index (χ4v) is 1.90. The van der Waals surface area contributed by atoms with Gasteiger partial charge in [-0.2, -0.15) is 0 Å². The van der Waals surface area contributed by atoms with Crippen LogP contribution in [0.15, 0.2) is 48.5 Å². The molecular weight excluding hydrogens is 238 g/mol. The molecule has 0 spiro atoms. The lowest BCUT2D eigenvalue weighted by atomic mass is 10.1. The van der Waals surface area contributed by atoms with Crippen molar-refractivity contribution in [3.63, 3.8) is 0 Å². The van der Waals surface area contributed by atoms with Gasteiger partial charge >= 0.3 is 0 Å². The van der Waals surface area contributed by atoms with Gasteiger partial charge in [0.1, 0.15) is 0 Å². The van der Waals surface area contributed by atoms with Crippen molar-refractivity contribution in [2.45, 2.75) is 13.5 Å². The van der Waals surface area contributed by atoms with E-state index in [0.29, 0.717) is 12.2 Å². The summed E-state index contributed by atoms with van der Waals surface area (Å²) in [6.45, 7) is 2.50. The molecule has 0 fully saturated rings. The van der Waals surface area contributed by atoms with E-state index in [2.05, 4.69) is 5.32 Å². The Hall–Kier alpha value is -2.13. The first-order valence-corrected chi connectivity index (χ1v) is 6.15. The molecule has 0 aliphatic carbocycles. The summed E-state index contributed by atoms with van der Waals surface area (Å²) in [5.74, 6) is -0.108. The normalized spacial score (nSPS) is 10.2. The van der Waals surface area contributed by atoms with E-state index in [9.17, 15) is 4.79 Å². The van der Waals surface area contributed by atoms with Crippen LogP contribution in [-0.2, 0) is 11.3 Å². The van der Waals surface area contributed by atoms with Crippen molar-refractivity contribution in [1.82, 2.24) is 0 Å². The lowest BCUT2D eigenvalue weighted by Crippen LogP contribution is -2.12. The Morgan fingerprint density at radius 2 is 1.95 bits per heavy atom. The number of carbonyl (C=O) groups is 1. The molecule has 0 bridgehead atoms. The fourth-order valence-electron chi connectivity index (χ4n) is 1.90. The lowest BCUT2D eigenvalue weighted by Gasteiger charge is -2.07. The molecule has 0 saturated heterocycles. The molecule has 3 heteroatoms. The second-order valence-electron chi connectivity index (χ2n) is 4.46. The highest BCUT2D eigenvalue weighted by Crippen LogP contribution is 2.13. The van der Waals surface area contributed by atoms with Crippen molar-refractivity contribution in [2.24, 2.45) is 0 Å². The van der Waals surface area contributed by atoms with Crippen LogP contribution < -0.4 is 5.32 Å². The maximum absolute atomic E-state index is 12.1. The molecule has 0 heterocycles. The fraction of sp³-hybridized carbons (Fsp3) is 0.188. The van der Waals surface area contributed by atoms with Crippen LogP contribution in [0.1, 0.15) is 21.5 Å². The minimum absolute atomic E-state index is 0.108. The molecule has 2 rings (SSSR count). The Labute approximate surface area is 113 Å². The van der Waals surface area contributed by atoms with Gasteiger partial charge in [-0.1, -0.05) is 24.3 Å². The number of carbonyl (C=O) groups excluding carboxylic acids is 1. The van der Waals surface area contributed by atoms with Crippen LogP contribution in [0.3, 0.4) is 0 Å². The van der Waals surface area contributed by atoms with Crippen LogP contribution in [0.2, 0.25) is 0 Å². The highest BCUT2D eigenvalue weighted by atomic mass is 16.5. The van der Waals surface area contributed by atoms with Gasteiger partial charge in [-0.15, -0.1) is 0 Å². The molecule has 0 atom stereocenters. The maximum Gasteiger partial charge on any atom is 0.255 e. The van der Waals surface area contributed by atoms with E-state index in [1.54, 1.807) is 13.2 Å². The molecule has 19 heavy (non-hydrogen) atoms. The monoisotopic (exact) mass is 255 g/mol. The minimum Gasteiger partial charge on any atom is -0.380 e. The van der Waals surface area contributed by atoms with Crippen LogP contribution in [0.25, 0.3) is 0 Å². The molecule has 1 N–H and O–H groups in total. The highest BCUT2D eigenvalue weighted by molar-refractivity contribution is 6.04. The zero-order valence-corrected chi connectivity index (χ0v) is 11.1. The van der Waals surface area contributed by atoms with E-state index < -0.39 is 0 Å². The van der Waals surface area contributed by atoms with Crippen molar-refractivity contribution < 1.29 is 9.53 Å². The number of rotatable bonds is 4. The maximum atomic E-state index is 12.1. The Kier molecular flexibility index (Phi) is 4.31. The summed E-state index contributed by atoms with van der Waals surface area (Å²) in [7, 11) is 1.64. The molecule has 98 valence electrons. The first-order valence-electron chi connectivity index (χ1n) is 6.15. The SMILES string of the molecule is COCc1cccc(C(=O)Nc2cccc(C)c2)c1. The van der Waals surface area contributed by atoms with Crippen molar-refractivity contribution in [3.8, 4) is 0 Å². The van der Waals surface area contributed by atoms with E-state index in [0.717, 1.165) is 16.8 Å². The third-order valence-corrected chi connectivity index (χ3v) is 2.78. The minimum atomic E-state index is -0.108. The average Bonchev–Trinajstić information content (AvgIpc) is 2.39. The number of nitrogens with one attached hydrogen (secondary N) is 1. The zero-order chi connectivity index (χ0) is 13.7. The molecule has 2 aromatic carbocycles. The molecule has 0 radical (unpaired) electrons. The lowest BCUT2D eigenvalue weighted by molar-refractivity contribution is 0.102. The number of benzene rings is 2. The van der Waals surface area contributed by atoms with Gasteiger partial charge in [0.25, 0.3) is 5.91 Å². The Morgan fingerprint density at radius 1 is 1.16 bits per heavy atom. The number of methoxy groups -OCH3 is 1. The van der Waals surface area contributed by atoms with Gasteiger partial charge in [0.05, 0.1) is 6.61 Å². The van der Waals surface area contributed by atoms with Gasteiger partial charge < -0.3 is 10.1 Å². The van der Waals surface area contributed by atoms with Gasteiger partial charge in [-0.3, -0.25) is 4.79 Å². The Bertz CT molecular complexity index is 578. The summed E-state index contributed by atoms with van der Waals surface area (Å²) in [5.41, 5.74) is 3.54. The van der Waals surface area contributed by atoms with Crippen LogP contribution in [0, 0.1) is 6.92 Å². The second kappa shape index (κ2) is 6.16. The summed E-state index contributed by atoms with van der Waals surface area (Å²) >= 11 is 0. The van der Waals surface area contributed by atoms with Crippen molar-refractivity contribution in [2.75, 3.05) is 12.4 Å². The smallest absolute Gasteiger partial charge is 0.255 e. The van der Waals surface area contributed by atoms with Gasteiger partial charge in [0.15, 0.2) is 0 Å². The van der Waals surface area contributed by atoms with E-state index >= 15 is 0 Å². The third-order valence-electron chi connectivity index (χ3n) is 2.78. The summed E-state index contributed by atoms with van der Waals surface area (Å²) < 4.78 is 5.06. The largest absolute Gasteiger partial charge is 0.380 e. The standard InChI is InChI=1S/C16H17NO2/c1-12-5-3-8-15(9-12)17-16(18)14-7-4-6-13(10-14)11-19-2/h3-10H,11H2,1-2H3,(H,17,18). The Morgan fingerprint density at radius 3 is 2.68 bits per heavy atom. The van der Waals surface area contributed by atoms with Crippen LogP contribution >= 0.6 is 0 Å². The van der Waals surface area contributed by atoms with E-state index in [1.807, 2.05) is 49.4 Å². The number of ether oxygens (including phenoxy) is 1. The van der Waals surface area contributed by atoms with Crippen LogP contribution in [-0.4, -0.2) is 13.0 Å². The zero-order valence-electron chi connectivity index (χ0n) is 11.1. The average molecular weight is 255 g/mol. The van der Waals surface area contributed by atoms with Crippen molar-refractivity contribution in [1.29, 1.82) is 0 Å². The molecule has 2 aromatic rings. The first-order chi connectivity index (χ1) is 9.19. The number of anilines is 1. The molecule has 0 aliphatic rings. The molecule has 0 saturated carbocycles. The van der Waals surface area contributed by atoms with Crippen LogP contribution in [0.5, 0.6) is 0 Å². The first kappa shape index (κ1) is 13.3. The summed E-state index contributed by atoms with van der Waals surface area (Å²) in [5, 5.41) is 2.89. The molecule has 0 aromatic heterocycles. The van der Waals surface area contributed by atoms with Gasteiger partial charge in [-0.25, -0.2) is 0 Å². The van der Waals surface area contributed by atoms with Crippen LogP contribution in [0.4, 0.5) is 5.69 Å². The van der Waals surface area contributed by atoms with E-state index in [1.165, 1.54) is 0 Å². The highest BCUT2D eigenvalue weighted by Gasteiger charge is 2.06. The topological polar surface area (TPSA) is 38.3 Å². The number of aryl methyl sites for hydroxylation is 1. The number of hydrogen-bond acceptors (Lipinski definition) is 2. The van der Waals surface area contributed by atoms with Gasteiger partial charge in [0.2, 0.25) is 0 Å². The second-order valence-corrected chi connectivity index (χ2v) is 4.46. The quantitative estimate of drug-likeness (QED) is 0.909. The van der Waals surface area contributed by atoms with Gasteiger partial charge in [0, 0.05) is 18.4 Å². The number of hydrogen-bond donors (Lipinski definition) is 1. The Balaban J connectivity index is 2.13. The molecule has 3 nitrogen and oxygen atoms in total. The molecule has 1 amide bonds. The van der Waals surface area contributed by atoms with E-state index in [4.69, 9.17) is 4.74 Å². The summed E-state index contributed by atoms with van der Waals surface area (Å²) in [4.78, 5) is 12.1. The van der Waals surface area contributed by atoms with Crippen molar-refractivity contribution >= 4 is 11.6 Å². The molecule has 0 unspecified atom stereocenters.